The number of nitrogens with one attached hydrogen (secondary N) is 1. The Bertz CT molecular complexity index is 1340. The fourth-order valence-electron chi connectivity index (χ4n) is 3.43. The molecule has 10 heteroatoms. The van der Waals surface area contributed by atoms with Gasteiger partial charge in [0.1, 0.15) is 0 Å². The van der Waals surface area contributed by atoms with E-state index in [4.69, 9.17) is 14.2 Å². The molecule has 0 spiro atoms. The van der Waals surface area contributed by atoms with E-state index in [1.54, 1.807) is 18.2 Å². The number of rotatable bonds is 8. The topological polar surface area (TPSA) is 105 Å². The maximum absolute atomic E-state index is 12.3. The molecular formula is C25H20N4O5S. The third kappa shape index (κ3) is 5.28. The van der Waals surface area contributed by atoms with E-state index < -0.39 is 18.5 Å². The van der Waals surface area contributed by atoms with Gasteiger partial charge in [-0.05, 0) is 24.3 Å². The Kier molecular flexibility index (Phi) is 6.62. The lowest BCUT2D eigenvalue weighted by atomic mass is 10.2. The molecule has 0 radical (unpaired) electrons. The van der Waals surface area contributed by atoms with E-state index in [-0.39, 0.29) is 12.5 Å². The van der Waals surface area contributed by atoms with Crippen LogP contribution in [0.4, 0.5) is 5.69 Å². The molecule has 0 fully saturated rings. The second kappa shape index (κ2) is 10.3. The predicted octanol–water partition coefficient (Wildman–Crippen LogP) is 3.94. The largest absolute Gasteiger partial charge is 0.455 e. The predicted molar refractivity (Wildman–Crippen MR) is 130 cm³/mol. The van der Waals surface area contributed by atoms with E-state index in [1.807, 2.05) is 65.2 Å². The maximum atomic E-state index is 12.3. The Morgan fingerprint density at radius 1 is 0.943 bits per heavy atom. The van der Waals surface area contributed by atoms with Crippen LogP contribution in [-0.4, -0.2) is 45.8 Å². The van der Waals surface area contributed by atoms with Crippen LogP contribution >= 0.6 is 11.8 Å². The normalized spacial score (nSPS) is 11.8. The summed E-state index contributed by atoms with van der Waals surface area (Å²) in [5.74, 6) is 0.798. The van der Waals surface area contributed by atoms with Crippen LogP contribution in [0.3, 0.4) is 0 Å². The molecule has 0 unspecified atom stereocenters. The number of fused-ring (bicyclic) bond motifs is 1. The highest BCUT2D eigenvalue weighted by Crippen LogP contribution is 2.34. The van der Waals surface area contributed by atoms with Crippen LogP contribution in [0.15, 0.2) is 84.0 Å². The first kappa shape index (κ1) is 22.5. The standard InChI is InChI=1S/C25H20N4O5S/c30-22(26-18-11-12-20-21(13-18)34-16-33-20)14-32-23(31)15-35-25-28-27-24(17-7-3-1-4-8-17)29(25)19-9-5-2-6-10-19/h1-13H,14-16H2,(H,26,30). The van der Waals surface area contributed by atoms with Crippen molar-refractivity contribution in [3.8, 4) is 28.6 Å². The summed E-state index contributed by atoms with van der Waals surface area (Å²) in [7, 11) is 0. The second-order valence-corrected chi connectivity index (χ2v) is 8.35. The van der Waals surface area contributed by atoms with Crippen molar-refractivity contribution in [2.45, 2.75) is 5.16 Å². The molecule has 1 aliphatic rings. The van der Waals surface area contributed by atoms with E-state index in [2.05, 4.69) is 15.5 Å². The van der Waals surface area contributed by atoms with E-state index >= 15 is 0 Å². The van der Waals surface area contributed by atoms with Gasteiger partial charge in [-0.25, -0.2) is 0 Å². The molecule has 0 atom stereocenters. The molecule has 1 N–H and O–H groups in total. The van der Waals surface area contributed by atoms with Gasteiger partial charge in [0.15, 0.2) is 29.1 Å². The number of carbonyl (C=O) groups is 2. The molecule has 1 aromatic heterocycles. The Balaban J connectivity index is 1.20. The Labute approximate surface area is 205 Å². The number of nitrogens with zero attached hydrogens (tertiary/aromatic N) is 3. The first-order chi connectivity index (χ1) is 17.2. The molecule has 5 rings (SSSR count). The van der Waals surface area contributed by atoms with Gasteiger partial charge in [0.2, 0.25) is 6.79 Å². The summed E-state index contributed by atoms with van der Waals surface area (Å²) in [5, 5.41) is 11.8. The molecule has 0 bridgehead atoms. The van der Waals surface area contributed by atoms with Gasteiger partial charge in [-0.3, -0.25) is 14.2 Å². The zero-order valence-corrected chi connectivity index (χ0v) is 19.2. The summed E-state index contributed by atoms with van der Waals surface area (Å²) in [6, 6.07) is 24.4. The van der Waals surface area contributed by atoms with Crippen LogP contribution in [0.2, 0.25) is 0 Å². The van der Waals surface area contributed by atoms with Gasteiger partial charge in [-0.1, -0.05) is 60.3 Å². The van der Waals surface area contributed by atoms with Crippen molar-refractivity contribution in [2.75, 3.05) is 24.5 Å². The van der Waals surface area contributed by atoms with Crippen LogP contribution < -0.4 is 14.8 Å². The highest BCUT2D eigenvalue weighted by molar-refractivity contribution is 7.99. The molecule has 176 valence electrons. The number of anilines is 1. The fourth-order valence-corrected chi connectivity index (χ4v) is 4.18. The highest BCUT2D eigenvalue weighted by Gasteiger charge is 2.18. The lowest BCUT2D eigenvalue weighted by molar-refractivity contribution is -0.144. The van der Waals surface area contributed by atoms with Crippen LogP contribution in [0.1, 0.15) is 0 Å². The molecule has 0 aliphatic carbocycles. The summed E-state index contributed by atoms with van der Waals surface area (Å²) >= 11 is 1.19. The molecule has 35 heavy (non-hydrogen) atoms. The fraction of sp³-hybridized carbons (Fsp3) is 0.120. The second-order valence-electron chi connectivity index (χ2n) is 7.41. The molecule has 9 nitrogen and oxygen atoms in total. The highest BCUT2D eigenvalue weighted by atomic mass is 32.2. The summed E-state index contributed by atoms with van der Waals surface area (Å²) < 4.78 is 17.6. The van der Waals surface area contributed by atoms with E-state index in [0.29, 0.717) is 28.2 Å². The average molecular weight is 489 g/mol. The number of thioether (sulfide) groups is 1. The van der Waals surface area contributed by atoms with E-state index in [9.17, 15) is 9.59 Å². The molecular weight excluding hydrogens is 468 g/mol. The lowest BCUT2D eigenvalue weighted by Gasteiger charge is -2.10. The third-order valence-electron chi connectivity index (χ3n) is 5.02. The molecule has 4 aromatic rings. The van der Waals surface area contributed by atoms with Crippen LogP contribution in [-0.2, 0) is 14.3 Å². The van der Waals surface area contributed by atoms with Crippen molar-refractivity contribution >= 4 is 29.3 Å². The number of hydrogen-bond acceptors (Lipinski definition) is 8. The molecule has 0 saturated carbocycles. The van der Waals surface area contributed by atoms with Crippen molar-refractivity contribution in [2.24, 2.45) is 0 Å². The van der Waals surface area contributed by atoms with Crippen molar-refractivity contribution < 1.29 is 23.8 Å². The van der Waals surface area contributed by atoms with Crippen molar-refractivity contribution in [1.82, 2.24) is 14.8 Å². The number of esters is 1. The number of carbonyl (C=O) groups excluding carboxylic acids is 2. The SMILES string of the molecule is O=C(COC(=O)CSc1nnc(-c2ccccc2)n1-c1ccccc1)Nc1ccc2c(c1)OCO2. The van der Waals surface area contributed by atoms with E-state index in [0.717, 1.165) is 11.3 Å². The number of aromatic nitrogens is 3. The first-order valence-corrected chi connectivity index (χ1v) is 11.7. The van der Waals surface area contributed by atoms with Crippen molar-refractivity contribution in [3.63, 3.8) is 0 Å². The number of para-hydroxylation sites is 1. The monoisotopic (exact) mass is 488 g/mol. The number of benzene rings is 3. The van der Waals surface area contributed by atoms with Gasteiger partial charge in [0.25, 0.3) is 5.91 Å². The molecule has 2 heterocycles. The summed E-state index contributed by atoms with van der Waals surface area (Å²) in [4.78, 5) is 24.5. The number of amides is 1. The quantitative estimate of drug-likeness (QED) is 0.294. The molecule has 1 aliphatic heterocycles. The average Bonchev–Trinajstić information content (AvgIpc) is 3.54. The van der Waals surface area contributed by atoms with Crippen LogP contribution in [0.25, 0.3) is 17.1 Å². The minimum atomic E-state index is -0.542. The Morgan fingerprint density at radius 2 is 1.69 bits per heavy atom. The first-order valence-electron chi connectivity index (χ1n) is 10.7. The van der Waals surface area contributed by atoms with Crippen molar-refractivity contribution in [3.05, 3.63) is 78.9 Å². The molecule has 1 amide bonds. The maximum Gasteiger partial charge on any atom is 0.316 e. The lowest BCUT2D eigenvalue weighted by Crippen LogP contribution is -2.21. The van der Waals surface area contributed by atoms with Gasteiger partial charge < -0.3 is 19.5 Å². The zero-order chi connectivity index (χ0) is 24.0. The van der Waals surface area contributed by atoms with Crippen LogP contribution in [0, 0.1) is 0 Å². The Hall–Kier alpha value is -4.31. The molecule has 0 saturated heterocycles. The van der Waals surface area contributed by atoms with Gasteiger partial charge in [0, 0.05) is 23.0 Å². The minimum absolute atomic E-state index is 0.0307. The summed E-state index contributed by atoms with van der Waals surface area (Å²) in [6.45, 7) is -0.263. The smallest absolute Gasteiger partial charge is 0.316 e. The van der Waals surface area contributed by atoms with Gasteiger partial charge in [-0.15, -0.1) is 10.2 Å². The van der Waals surface area contributed by atoms with Crippen molar-refractivity contribution in [1.29, 1.82) is 0 Å². The molecule has 3 aromatic carbocycles. The summed E-state index contributed by atoms with van der Waals surface area (Å²) in [5.41, 5.74) is 2.29. The zero-order valence-electron chi connectivity index (χ0n) is 18.4. The van der Waals surface area contributed by atoms with Crippen LogP contribution in [0.5, 0.6) is 11.5 Å². The number of hydrogen-bond donors (Lipinski definition) is 1. The van der Waals surface area contributed by atoms with Gasteiger partial charge >= 0.3 is 5.97 Å². The van der Waals surface area contributed by atoms with Gasteiger partial charge in [-0.2, -0.15) is 0 Å². The third-order valence-corrected chi connectivity index (χ3v) is 5.92. The Morgan fingerprint density at radius 3 is 2.49 bits per heavy atom. The summed E-state index contributed by atoms with van der Waals surface area (Å²) in [6.07, 6.45) is 0. The number of ether oxygens (including phenoxy) is 3. The van der Waals surface area contributed by atoms with E-state index in [1.165, 1.54) is 11.8 Å². The minimum Gasteiger partial charge on any atom is -0.455 e. The van der Waals surface area contributed by atoms with Gasteiger partial charge in [0.05, 0.1) is 5.75 Å².